The number of nitrogens with one attached hydrogen (secondary N) is 1. The summed E-state index contributed by atoms with van der Waals surface area (Å²) in [6.07, 6.45) is 3.11. The molecule has 5 heteroatoms. The minimum atomic E-state index is -3.41. The van der Waals surface area contributed by atoms with Crippen LogP contribution >= 0.6 is 15.9 Å². The van der Waals surface area contributed by atoms with E-state index in [1.165, 1.54) is 0 Å². The molecule has 1 fully saturated rings. The van der Waals surface area contributed by atoms with Crippen LogP contribution in [0.15, 0.2) is 23.1 Å². The molecule has 1 saturated carbocycles. The van der Waals surface area contributed by atoms with E-state index in [0.717, 1.165) is 35.7 Å². The van der Waals surface area contributed by atoms with Crippen molar-refractivity contribution in [2.24, 2.45) is 5.92 Å². The van der Waals surface area contributed by atoms with Crippen molar-refractivity contribution in [1.29, 1.82) is 0 Å². The van der Waals surface area contributed by atoms with Gasteiger partial charge in [0.25, 0.3) is 0 Å². The fourth-order valence-electron chi connectivity index (χ4n) is 2.64. The molecule has 0 amide bonds. The second-order valence-electron chi connectivity index (χ2n) is 5.34. The maximum atomic E-state index is 12.5. The fourth-order valence-corrected chi connectivity index (χ4v) is 5.08. The molecule has 0 radical (unpaired) electrons. The van der Waals surface area contributed by atoms with Gasteiger partial charge < -0.3 is 0 Å². The van der Waals surface area contributed by atoms with Crippen LogP contribution < -0.4 is 4.72 Å². The number of hydrogen-bond acceptors (Lipinski definition) is 2. The molecule has 1 aromatic carbocycles. The number of benzene rings is 1. The van der Waals surface area contributed by atoms with Gasteiger partial charge in [0.15, 0.2) is 0 Å². The van der Waals surface area contributed by atoms with Gasteiger partial charge in [0.05, 0.1) is 4.90 Å². The summed E-state index contributed by atoms with van der Waals surface area (Å²) in [7, 11) is -3.41. The predicted molar refractivity (Wildman–Crippen MR) is 81.2 cm³/mol. The summed E-state index contributed by atoms with van der Waals surface area (Å²) in [5.74, 6) is 0.403. The van der Waals surface area contributed by atoms with E-state index in [1.807, 2.05) is 26.0 Å². The van der Waals surface area contributed by atoms with Crippen LogP contribution in [-0.4, -0.2) is 19.8 Å². The van der Waals surface area contributed by atoms with Crippen LogP contribution in [0.4, 0.5) is 0 Å². The lowest BCUT2D eigenvalue weighted by molar-refractivity contribution is 0.484. The van der Waals surface area contributed by atoms with Crippen LogP contribution in [0.2, 0.25) is 0 Å². The number of hydrogen-bond donors (Lipinski definition) is 1. The molecule has 1 aliphatic rings. The zero-order chi connectivity index (χ0) is 14.0. The van der Waals surface area contributed by atoms with Gasteiger partial charge in [-0.2, -0.15) is 0 Å². The highest BCUT2D eigenvalue weighted by atomic mass is 79.9. The molecule has 106 valence electrons. The minimum absolute atomic E-state index is 0.0595. The van der Waals surface area contributed by atoms with E-state index in [0.29, 0.717) is 10.8 Å². The third-order valence-corrected chi connectivity index (χ3v) is 6.26. The van der Waals surface area contributed by atoms with E-state index < -0.39 is 10.0 Å². The van der Waals surface area contributed by atoms with E-state index in [-0.39, 0.29) is 6.04 Å². The first-order valence-electron chi connectivity index (χ1n) is 6.59. The largest absolute Gasteiger partial charge is 0.241 e. The van der Waals surface area contributed by atoms with Crippen LogP contribution in [0.3, 0.4) is 0 Å². The lowest BCUT2D eigenvalue weighted by Crippen LogP contribution is -2.38. The Morgan fingerprint density at radius 3 is 2.74 bits per heavy atom. The molecule has 1 aromatic rings. The van der Waals surface area contributed by atoms with Gasteiger partial charge in [0.2, 0.25) is 10.0 Å². The maximum Gasteiger partial charge on any atom is 0.241 e. The zero-order valence-electron chi connectivity index (χ0n) is 11.3. The molecule has 0 bridgehead atoms. The monoisotopic (exact) mass is 345 g/mol. The Bertz CT molecular complexity index is 557. The Kier molecular flexibility index (Phi) is 4.69. The Balaban J connectivity index is 2.25. The topological polar surface area (TPSA) is 46.2 Å². The summed E-state index contributed by atoms with van der Waals surface area (Å²) in [5.41, 5.74) is 1.76. The van der Waals surface area contributed by atoms with Crippen LogP contribution in [-0.2, 0) is 10.0 Å². The van der Waals surface area contributed by atoms with Crippen molar-refractivity contribution in [3.8, 4) is 0 Å². The second kappa shape index (κ2) is 5.94. The van der Waals surface area contributed by atoms with Gasteiger partial charge >= 0.3 is 0 Å². The van der Waals surface area contributed by atoms with E-state index >= 15 is 0 Å². The van der Waals surface area contributed by atoms with Crippen molar-refractivity contribution in [1.82, 2.24) is 4.72 Å². The van der Waals surface area contributed by atoms with Crippen molar-refractivity contribution in [2.75, 3.05) is 5.33 Å². The van der Waals surface area contributed by atoms with Gasteiger partial charge in [0.1, 0.15) is 0 Å². The van der Waals surface area contributed by atoms with Gasteiger partial charge in [-0.25, -0.2) is 13.1 Å². The molecular formula is C14H20BrNO2S. The molecule has 2 rings (SSSR count). The SMILES string of the molecule is Cc1ccc(C)c(S(=O)(=O)NC2CCCC2CBr)c1. The Hall–Kier alpha value is -0.390. The molecule has 0 heterocycles. The Morgan fingerprint density at radius 2 is 2.05 bits per heavy atom. The normalized spacial score (nSPS) is 23.7. The van der Waals surface area contributed by atoms with Crippen LogP contribution in [0.5, 0.6) is 0 Å². The molecule has 0 saturated heterocycles. The number of aryl methyl sites for hydroxylation is 2. The highest BCUT2D eigenvalue weighted by Crippen LogP contribution is 2.29. The van der Waals surface area contributed by atoms with Crippen molar-refractivity contribution in [3.63, 3.8) is 0 Å². The van der Waals surface area contributed by atoms with Crippen molar-refractivity contribution >= 4 is 26.0 Å². The number of alkyl halides is 1. The van der Waals surface area contributed by atoms with E-state index in [1.54, 1.807) is 6.07 Å². The minimum Gasteiger partial charge on any atom is -0.208 e. The van der Waals surface area contributed by atoms with E-state index in [9.17, 15) is 8.42 Å². The van der Waals surface area contributed by atoms with Crippen LogP contribution in [0.1, 0.15) is 30.4 Å². The molecule has 19 heavy (non-hydrogen) atoms. The fraction of sp³-hybridized carbons (Fsp3) is 0.571. The van der Waals surface area contributed by atoms with Gasteiger partial charge in [-0.1, -0.05) is 34.5 Å². The molecule has 0 aromatic heterocycles. The van der Waals surface area contributed by atoms with Gasteiger partial charge in [-0.3, -0.25) is 0 Å². The van der Waals surface area contributed by atoms with Crippen molar-refractivity contribution in [2.45, 2.75) is 44.0 Å². The summed E-state index contributed by atoms with van der Waals surface area (Å²) >= 11 is 3.47. The third kappa shape index (κ3) is 3.38. The predicted octanol–water partition coefficient (Wildman–Crippen LogP) is 3.15. The summed E-state index contributed by atoms with van der Waals surface area (Å²) in [6.45, 7) is 3.75. The number of halogens is 1. The lowest BCUT2D eigenvalue weighted by Gasteiger charge is -2.20. The summed E-state index contributed by atoms with van der Waals surface area (Å²) < 4.78 is 27.9. The third-order valence-electron chi connectivity index (χ3n) is 3.80. The molecule has 1 aliphatic carbocycles. The lowest BCUT2D eigenvalue weighted by atomic mass is 10.1. The summed E-state index contributed by atoms with van der Waals surface area (Å²) in [6, 6.07) is 5.60. The average molecular weight is 346 g/mol. The summed E-state index contributed by atoms with van der Waals surface area (Å²) in [4.78, 5) is 0.410. The Morgan fingerprint density at radius 1 is 1.32 bits per heavy atom. The average Bonchev–Trinajstić information content (AvgIpc) is 2.78. The first-order chi connectivity index (χ1) is 8.94. The molecular weight excluding hydrogens is 326 g/mol. The highest BCUT2D eigenvalue weighted by molar-refractivity contribution is 9.09. The van der Waals surface area contributed by atoms with E-state index in [4.69, 9.17) is 0 Å². The van der Waals surface area contributed by atoms with Crippen molar-refractivity contribution < 1.29 is 8.42 Å². The molecule has 0 aliphatic heterocycles. The van der Waals surface area contributed by atoms with Crippen LogP contribution in [0.25, 0.3) is 0 Å². The van der Waals surface area contributed by atoms with Crippen LogP contribution in [0, 0.1) is 19.8 Å². The quantitative estimate of drug-likeness (QED) is 0.852. The van der Waals surface area contributed by atoms with E-state index in [2.05, 4.69) is 20.7 Å². The molecule has 1 N–H and O–H groups in total. The Labute approximate surface area is 124 Å². The highest BCUT2D eigenvalue weighted by Gasteiger charge is 2.31. The number of sulfonamides is 1. The molecule has 2 unspecified atom stereocenters. The van der Waals surface area contributed by atoms with Gasteiger partial charge in [-0.05, 0) is 49.8 Å². The second-order valence-corrected chi connectivity index (χ2v) is 7.67. The first kappa shape index (κ1) is 15.0. The smallest absolute Gasteiger partial charge is 0.208 e. The summed E-state index contributed by atoms with van der Waals surface area (Å²) in [5, 5.41) is 0.854. The first-order valence-corrected chi connectivity index (χ1v) is 9.20. The molecule has 2 atom stereocenters. The van der Waals surface area contributed by atoms with Crippen molar-refractivity contribution in [3.05, 3.63) is 29.3 Å². The maximum absolute atomic E-state index is 12.5. The standard InChI is InChI=1S/C14H20BrNO2S/c1-10-6-7-11(2)14(8-10)19(17,18)16-13-5-3-4-12(13)9-15/h6-8,12-13,16H,3-5,9H2,1-2H3. The zero-order valence-corrected chi connectivity index (χ0v) is 13.7. The van der Waals surface area contributed by atoms with Gasteiger partial charge in [0, 0.05) is 11.4 Å². The molecule has 0 spiro atoms. The number of rotatable bonds is 4. The molecule has 3 nitrogen and oxygen atoms in total. The van der Waals surface area contributed by atoms with Gasteiger partial charge in [-0.15, -0.1) is 0 Å².